The first-order valence-corrected chi connectivity index (χ1v) is 8.44. The number of nitrogens with one attached hydrogen (secondary N) is 1. The van der Waals surface area contributed by atoms with E-state index in [1.54, 1.807) is 0 Å². The third kappa shape index (κ3) is 2.91. The zero-order chi connectivity index (χ0) is 15.9. The van der Waals surface area contributed by atoms with E-state index in [2.05, 4.69) is 27.6 Å². The van der Waals surface area contributed by atoms with Crippen LogP contribution in [0.25, 0.3) is 10.4 Å². The van der Waals surface area contributed by atoms with Crippen LogP contribution < -0.4 is 11.2 Å². The lowest BCUT2D eigenvalue weighted by Gasteiger charge is -2.15. The highest BCUT2D eigenvalue weighted by Gasteiger charge is 2.35. The largest absolute Gasteiger partial charge is 0.394 e. The summed E-state index contributed by atoms with van der Waals surface area (Å²) in [5, 5.41) is 18.9. The van der Waals surface area contributed by atoms with E-state index in [4.69, 9.17) is 9.84 Å². The normalized spacial score (nSPS) is 24.8. The summed E-state index contributed by atoms with van der Waals surface area (Å²) in [6, 6.07) is 3.69. The second-order valence-corrected chi connectivity index (χ2v) is 7.91. The van der Waals surface area contributed by atoms with Crippen LogP contribution in [0.3, 0.4) is 0 Å². The number of nitrogens with zero attached hydrogens (tertiary/aromatic N) is 1. The van der Waals surface area contributed by atoms with Gasteiger partial charge in [0.2, 0.25) is 0 Å². The molecule has 3 N–H and O–H groups in total. The van der Waals surface area contributed by atoms with Gasteiger partial charge in [0, 0.05) is 17.5 Å². The first kappa shape index (κ1) is 15.9. The molecule has 0 amide bonds. The minimum absolute atomic E-state index is 0.179. The molecule has 3 rings (SSSR count). The second kappa shape index (κ2) is 6.24. The monoisotopic (exact) mass is 436 g/mol. The van der Waals surface area contributed by atoms with Gasteiger partial charge in [0.1, 0.15) is 12.3 Å². The average Bonchev–Trinajstić information content (AvgIpc) is 3.05. The van der Waals surface area contributed by atoms with E-state index in [1.165, 1.54) is 22.1 Å². The number of hydrogen-bond acceptors (Lipinski definition) is 6. The highest BCUT2D eigenvalue weighted by atomic mass is 127. The zero-order valence-corrected chi connectivity index (χ0v) is 14.2. The van der Waals surface area contributed by atoms with E-state index in [-0.39, 0.29) is 13.0 Å². The minimum Gasteiger partial charge on any atom is -0.394 e. The first-order chi connectivity index (χ1) is 10.5. The van der Waals surface area contributed by atoms with Gasteiger partial charge in [0.25, 0.3) is 5.56 Å². The molecule has 0 aromatic carbocycles. The molecule has 0 spiro atoms. The van der Waals surface area contributed by atoms with Crippen molar-refractivity contribution in [3.8, 4) is 10.4 Å². The maximum atomic E-state index is 12.0. The van der Waals surface area contributed by atoms with Gasteiger partial charge in [-0.05, 0) is 34.7 Å². The van der Waals surface area contributed by atoms with Crippen molar-refractivity contribution in [3.63, 3.8) is 0 Å². The Morgan fingerprint density at radius 2 is 2.23 bits per heavy atom. The lowest BCUT2D eigenvalue weighted by atomic mass is 10.2. The number of halogens is 1. The zero-order valence-electron chi connectivity index (χ0n) is 11.2. The molecule has 0 aliphatic carbocycles. The quantitative estimate of drug-likeness (QED) is 0.609. The summed E-state index contributed by atoms with van der Waals surface area (Å²) >= 11 is 3.59. The molecule has 3 atom stereocenters. The molecule has 9 heteroatoms. The molecule has 1 fully saturated rings. The molecule has 0 bridgehead atoms. The summed E-state index contributed by atoms with van der Waals surface area (Å²) in [5.41, 5.74) is -0.689. The first-order valence-electron chi connectivity index (χ1n) is 6.55. The SMILES string of the molecule is O=c1[nH]c(=O)n([C@H]2C[C@H](O)[C@@H](CO)O2)cc1-c1ccc(I)s1. The third-order valence-corrected chi connectivity index (χ3v) is 5.43. The Hall–Kier alpha value is -1.01. The molecule has 0 saturated carbocycles. The molecule has 118 valence electrons. The fourth-order valence-electron chi connectivity index (χ4n) is 2.38. The van der Waals surface area contributed by atoms with Crippen LogP contribution in [-0.2, 0) is 4.74 Å². The Bertz CT molecular complexity index is 798. The summed E-state index contributed by atoms with van der Waals surface area (Å²) in [6.07, 6.45) is -0.664. The van der Waals surface area contributed by atoms with Crippen molar-refractivity contribution in [2.75, 3.05) is 6.61 Å². The van der Waals surface area contributed by atoms with Crippen LogP contribution in [0.2, 0.25) is 0 Å². The number of aliphatic hydroxyl groups is 2. The standard InChI is InChI=1S/C13H13IN2O5S/c14-10-2-1-9(22-10)6-4-16(13(20)15-12(6)19)11-3-7(18)8(5-17)21-11/h1-2,4,7-8,11,17-18H,3,5H2,(H,15,19,20)/t7-,8+,11+/m0/s1. The van der Waals surface area contributed by atoms with Crippen LogP contribution in [0.5, 0.6) is 0 Å². The summed E-state index contributed by atoms with van der Waals surface area (Å²) in [4.78, 5) is 27.0. The van der Waals surface area contributed by atoms with Crippen LogP contribution >= 0.6 is 33.9 Å². The molecule has 7 nitrogen and oxygen atoms in total. The maximum Gasteiger partial charge on any atom is 0.330 e. The number of aliphatic hydroxyl groups excluding tert-OH is 2. The molecule has 2 aromatic heterocycles. The van der Waals surface area contributed by atoms with Crippen LogP contribution in [-0.4, -0.2) is 38.6 Å². The molecule has 0 radical (unpaired) electrons. The highest BCUT2D eigenvalue weighted by molar-refractivity contribution is 14.1. The van der Waals surface area contributed by atoms with E-state index in [1.807, 2.05) is 12.1 Å². The van der Waals surface area contributed by atoms with Crippen LogP contribution in [0.1, 0.15) is 12.6 Å². The van der Waals surface area contributed by atoms with Gasteiger partial charge in [-0.25, -0.2) is 4.79 Å². The van der Waals surface area contributed by atoms with E-state index < -0.39 is 29.7 Å². The van der Waals surface area contributed by atoms with Crippen molar-refractivity contribution < 1.29 is 14.9 Å². The van der Waals surface area contributed by atoms with Gasteiger partial charge in [-0.1, -0.05) is 0 Å². The van der Waals surface area contributed by atoms with Gasteiger partial charge < -0.3 is 14.9 Å². The van der Waals surface area contributed by atoms with Gasteiger partial charge in [-0.2, -0.15) is 0 Å². The molecule has 22 heavy (non-hydrogen) atoms. The molecule has 3 heterocycles. The number of aromatic nitrogens is 2. The molecule has 2 aromatic rings. The van der Waals surface area contributed by atoms with Crippen molar-refractivity contribution in [2.24, 2.45) is 0 Å². The Kier molecular flexibility index (Phi) is 4.50. The van der Waals surface area contributed by atoms with Crippen molar-refractivity contribution in [1.29, 1.82) is 0 Å². The van der Waals surface area contributed by atoms with Gasteiger partial charge in [0.15, 0.2) is 0 Å². The lowest BCUT2D eigenvalue weighted by Crippen LogP contribution is -2.33. The smallest absolute Gasteiger partial charge is 0.330 e. The molecule has 1 aliphatic heterocycles. The lowest BCUT2D eigenvalue weighted by molar-refractivity contribution is -0.0458. The summed E-state index contributed by atoms with van der Waals surface area (Å²) in [6.45, 7) is -0.328. The van der Waals surface area contributed by atoms with E-state index in [0.717, 1.165) is 7.76 Å². The predicted molar refractivity (Wildman–Crippen MR) is 89.0 cm³/mol. The summed E-state index contributed by atoms with van der Waals surface area (Å²) in [5.74, 6) is 0. The van der Waals surface area contributed by atoms with Gasteiger partial charge in [-0.15, -0.1) is 11.3 Å². The molecular weight excluding hydrogens is 423 g/mol. The van der Waals surface area contributed by atoms with Crippen molar-refractivity contribution in [1.82, 2.24) is 9.55 Å². The molecule has 1 aliphatic rings. The number of thiophene rings is 1. The topological polar surface area (TPSA) is 105 Å². The van der Waals surface area contributed by atoms with E-state index in [9.17, 15) is 14.7 Å². The number of aromatic amines is 1. The van der Waals surface area contributed by atoms with Gasteiger partial charge >= 0.3 is 5.69 Å². The highest BCUT2D eigenvalue weighted by Crippen LogP contribution is 2.30. The Labute approximate surface area is 142 Å². The fraction of sp³-hybridized carbons (Fsp3) is 0.385. The van der Waals surface area contributed by atoms with Crippen molar-refractivity contribution in [2.45, 2.75) is 24.9 Å². The average molecular weight is 436 g/mol. The van der Waals surface area contributed by atoms with Crippen LogP contribution in [0.15, 0.2) is 27.9 Å². The Morgan fingerprint density at radius 1 is 1.45 bits per heavy atom. The Balaban J connectivity index is 2.03. The predicted octanol–water partition coefficient (Wildman–Crippen LogP) is 0.510. The van der Waals surface area contributed by atoms with Crippen molar-refractivity contribution in [3.05, 3.63) is 42.1 Å². The van der Waals surface area contributed by atoms with Crippen LogP contribution in [0, 0.1) is 2.88 Å². The third-order valence-electron chi connectivity index (χ3n) is 3.50. The summed E-state index contributed by atoms with van der Waals surface area (Å²) < 4.78 is 7.75. The molecular formula is C13H13IN2O5S. The number of H-pyrrole nitrogens is 1. The second-order valence-electron chi connectivity index (χ2n) is 4.93. The van der Waals surface area contributed by atoms with Gasteiger partial charge in [0.05, 0.1) is 21.2 Å². The molecule has 0 unspecified atom stereocenters. The van der Waals surface area contributed by atoms with E-state index in [0.29, 0.717) is 5.56 Å². The maximum absolute atomic E-state index is 12.0. The summed E-state index contributed by atoms with van der Waals surface area (Å²) in [7, 11) is 0. The minimum atomic E-state index is -0.847. The number of ether oxygens (including phenoxy) is 1. The van der Waals surface area contributed by atoms with Gasteiger partial charge in [-0.3, -0.25) is 14.3 Å². The van der Waals surface area contributed by atoms with Crippen molar-refractivity contribution >= 4 is 33.9 Å². The number of rotatable bonds is 3. The molecule has 1 saturated heterocycles. The van der Waals surface area contributed by atoms with E-state index >= 15 is 0 Å². The Morgan fingerprint density at radius 3 is 2.82 bits per heavy atom. The number of hydrogen-bond donors (Lipinski definition) is 3. The fourth-order valence-corrected chi connectivity index (χ4v) is 4.01. The van der Waals surface area contributed by atoms with Crippen LogP contribution in [0.4, 0.5) is 0 Å².